The number of nitrogens with zero attached hydrogens (tertiary/aromatic N) is 2. The van der Waals surface area contributed by atoms with Gasteiger partial charge in [0.1, 0.15) is 84.7 Å². The number of aromatic hydroxyl groups is 1. The molecular weight excluding hydrogens is 1930 g/mol. The summed E-state index contributed by atoms with van der Waals surface area (Å²) in [6.45, 7) is 5.20. The zero-order chi connectivity index (χ0) is 106. The van der Waals surface area contributed by atoms with Crippen LogP contribution in [0, 0.1) is 5.82 Å². The number of primary amides is 1. The second-order valence-electron chi connectivity index (χ2n) is 36.7. The third kappa shape index (κ3) is 43.6. The Hall–Kier alpha value is -12.6. The average Bonchev–Trinajstić information content (AvgIpc) is 1.60. The quantitative estimate of drug-likeness (QED) is 0.0230. The van der Waals surface area contributed by atoms with Gasteiger partial charge in [0.05, 0.1) is 52.4 Å². The number of carboxylic acid groups (broad SMARTS) is 2. The van der Waals surface area contributed by atoms with Crippen molar-refractivity contribution >= 4 is 129 Å². The van der Waals surface area contributed by atoms with Crippen molar-refractivity contribution in [3.05, 3.63) is 155 Å². The Morgan fingerprint density at radius 1 is 0.568 bits per heavy atom. The van der Waals surface area contributed by atoms with Crippen LogP contribution in [0.4, 0.5) is 4.39 Å². The Morgan fingerprint density at radius 2 is 1.14 bits per heavy atom. The van der Waals surface area contributed by atoms with Crippen molar-refractivity contribution in [1.82, 2.24) is 83.7 Å². The van der Waals surface area contributed by atoms with Crippen LogP contribution in [0.3, 0.4) is 0 Å². The van der Waals surface area contributed by atoms with Gasteiger partial charge in [-0.05, 0) is 129 Å². The number of unbranched alkanes of at least 4 members (excludes halogenated alkanes) is 13. The minimum Gasteiger partial charge on any atom is -0.508 e. The second kappa shape index (κ2) is 65.1. The Kier molecular flexibility index (Phi) is 52.9. The van der Waals surface area contributed by atoms with Gasteiger partial charge in [0.15, 0.2) is 0 Å². The van der Waals surface area contributed by atoms with E-state index in [1.165, 1.54) is 155 Å². The number of halogens is 1. The van der Waals surface area contributed by atoms with Crippen LogP contribution in [-0.4, -0.2) is 280 Å². The van der Waals surface area contributed by atoms with Crippen molar-refractivity contribution in [3.63, 3.8) is 0 Å². The van der Waals surface area contributed by atoms with Crippen LogP contribution in [0.25, 0.3) is 10.9 Å². The van der Waals surface area contributed by atoms with Crippen molar-refractivity contribution < 1.29 is 115 Å². The van der Waals surface area contributed by atoms with Crippen molar-refractivity contribution in [2.75, 3.05) is 90.5 Å². The van der Waals surface area contributed by atoms with E-state index in [0.717, 1.165) is 36.5 Å². The Bertz CT molecular complexity index is 5220. The molecular formula is C102H145FN18O23S2. The topological polar surface area (TPSA) is 615 Å². The van der Waals surface area contributed by atoms with E-state index in [2.05, 4.69) is 85.7 Å². The van der Waals surface area contributed by atoms with Gasteiger partial charge in [-0.2, -0.15) is 23.5 Å². The average molecular weight is 2070 g/mol. The lowest BCUT2D eigenvalue weighted by Gasteiger charge is -2.37. The number of rotatable bonds is 52. The van der Waals surface area contributed by atoms with E-state index < -0.39 is 180 Å². The van der Waals surface area contributed by atoms with E-state index in [1.807, 2.05) is 24.3 Å². The van der Waals surface area contributed by atoms with Crippen molar-refractivity contribution in [2.24, 2.45) is 11.5 Å². The van der Waals surface area contributed by atoms with Gasteiger partial charge in [-0.15, -0.1) is 0 Å². The van der Waals surface area contributed by atoms with E-state index in [4.69, 9.17) is 30.4 Å². The Labute approximate surface area is 857 Å². The Balaban J connectivity index is 0.905. The molecule has 2 aliphatic heterocycles. The molecule has 8 rings (SSSR count). The van der Waals surface area contributed by atoms with Crippen LogP contribution in [0.15, 0.2) is 110 Å². The van der Waals surface area contributed by atoms with Gasteiger partial charge in [-0.1, -0.05) is 145 Å². The third-order valence-corrected chi connectivity index (χ3v) is 26.9. The molecule has 800 valence electrons. The SMILES string of the molecule is CCCCCCCCCCCCCCCC(=O)N[C@@H](CCC(=O)NCCOCCOCC(=O)NCCOCCOCC(=O)NCc1cccc(C[C@@H]2NC(=O)[C@@H](C)NC(=O)[C@H](CCCCN)NC(=O)CCSCc3cccc(c3)CSC[C@@H](C(N)=O)NC(=O)[C@]3(C)CCCN3C(=O)[C@H](Cc3ccc(O)cc3)NC(=O)[C@H](Cc3cnc[nH]3)NC(=O)[C@H](CC(=O)O)NC(=O)[C@H](Cc3c[nH]c4ccc(F)cc34)NC2=O)c1)C(=O)O. The van der Waals surface area contributed by atoms with E-state index >= 15 is 28.4 Å². The molecule has 0 unspecified atom stereocenters. The number of fused-ring (bicyclic) bond motifs is 4. The maximum atomic E-state index is 15.5. The van der Waals surface area contributed by atoms with Crippen molar-refractivity contribution in [3.8, 4) is 5.75 Å². The number of hydrogen-bond acceptors (Lipinski definition) is 25. The molecule has 1 saturated heterocycles. The molecule has 1 fully saturated rings. The normalized spacial score (nSPS) is 19.8. The first kappa shape index (κ1) is 119. The number of imidazole rings is 1. The predicted octanol–water partition coefficient (Wildman–Crippen LogP) is 4.69. The summed E-state index contributed by atoms with van der Waals surface area (Å²) in [7, 11) is 0. The maximum absolute atomic E-state index is 15.5. The van der Waals surface area contributed by atoms with Crippen molar-refractivity contribution in [1.29, 1.82) is 0 Å². The summed E-state index contributed by atoms with van der Waals surface area (Å²) in [5, 5.41) is 62.7. The monoisotopic (exact) mass is 2070 g/mol. The minimum absolute atomic E-state index is 0.00816. The first-order valence-corrected chi connectivity index (χ1v) is 52.5. The van der Waals surface area contributed by atoms with Crippen LogP contribution >= 0.6 is 23.5 Å². The zero-order valence-corrected chi connectivity index (χ0v) is 85.1. The number of nitrogens with one attached hydrogen (secondary N) is 14. The molecule has 6 aromatic rings. The zero-order valence-electron chi connectivity index (χ0n) is 83.5. The van der Waals surface area contributed by atoms with Crippen LogP contribution in [-0.2, 0) is 139 Å². The third-order valence-electron chi connectivity index (χ3n) is 24.8. The number of benzene rings is 4. The summed E-state index contributed by atoms with van der Waals surface area (Å²) in [6.07, 6.45) is 17.8. The lowest BCUT2D eigenvalue weighted by Crippen LogP contribution is -2.63. The van der Waals surface area contributed by atoms with Gasteiger partial charge in [-0.3, -0.25) is 71.9 Å². The number of phenolic OH excluding ortho intramolecular Hbond substituents is 1. The second-order valence-corrected chi connectivity index (χ2v) is 38.8. The molecule has 14 amide bonds. The van der Waals surface area contributed by atoms with Gasteiger partial charge in [-0.25, -0.2) is 14.2 Å². The van der Waals surface area contributed by atoms with E-state index in [1.54, 1.807) is 24.3 Å². The number of carbonyl (C=O) groups is 16. The highest BCUT2D eigenvalue weighted by Crippen LogP contribution is 2.32. The number of H-pyrrole nitrogens is 2. The molecule has 44 heteroatoms. The highest BCUT2D eigenvalue weighted by molar-refractivity contribution is 7.98. The lowest BCUT2D eigenvalue weighted by atomic mass is 9.95. The maximum Gasteiger partial charge on any atom is 0.326 e. The van der Waals surface area contributed by atoms with Crippen LogP contribution in [0.2, 0.25) is 0 Å². The minimum atomic E-state index is -2.09. The lowest BCUT2D eigenvalue weighted by molar-refractivity contribution is -0.147. The molecule has 4 heterocycles. The molecule has 2 aromatic heterocycles. The number of carboxylic acids is 2. The molecule has 10 atom stereocenters. The summed E-state index contributed by atoms with van der Waals surface area (Å²) in [5.41, 5.74) is 14.0. The van der Waals surface area contributed by atoms with E-state index in [0.29, 0.717) is 65.1 Å². The number of carbonyl (C=O) groups excluding carboxylic acids is 14. The molecule has 146 heavy (non-hydrogen) atoms. The van der Waals surface area contributed by atoms with Gasteiger partial charge in [0.25, 0.3) is 0 Å². The summed E-state index contributed by atoms with van der Waals surface area (Å²) in [5.74, 6) is -13.4. The molecule has 41 nitrogen and oxygen atoms in total. The fourth-order valence-electron chi connectivity index (χ4n) is 16.6. The molecule has 0 radical (unpaired) electrons. The Morgan fingerprint density at radius 3 is 1.78 bits per heavy atom. The first-order chi connectivity index (χ1) is 70.3. The number of hydrogen-bond donors (Lipinski definition) is 19. The number of aromatic amines is 2. The summed E-state index contributed by atoms with van der Waals surface area (Å²) in [4.78, 5) is 234. The first-order valence-electron chi connectivity index (χ1n) is 50.2. The molecule has 0 spiro atoms. The summed E-state index contributed by atoms with van der Waals surface area (Å²) < 4.78 is 37.2. The standard InChI is InChI=1S/C102H145FN18O23S2/c1-4-5-6-7-8-9-10-11-12-13-14-15-16-27-87(124)114-79(100(138)139)34-35-86(123)107-39-42-141-44-46-143-60-89(126)108-40-43-142-45-47-144-61-90(127)110-57-69-23-19-22-68(49-69)52-80-95(133)116-81(53-72-58-109-77-33-30-73(103)54-76(72)77)96(134)118-83(56-91(128)129)98(136)117-82(55-74-59-106-65-111-74)97(135)119-84(51-67-28-31-75(122)32-29-67)99(137)121-41-21-37-102(121,3)101(140)120-85(92(105)130)64-146-63-71-25-20-24-70(50-71)62-145-48-36-88(125)113-78(26-17-18-38-104)94(132)112-66(2)93(131)115-80/h19-20,22-25,28-33,49-50,54,58-59,65-66,78-85,109,122H,4-18,21,26-27,34-48,51-53,55-57,60-64,104H2,1-3H3,(H2,105,130)(H,106,111)(H,107,123)(H,108,126)(H,110,127)(H,112,132)(H,113,125)(H,114,124)(H,115,131)(H,116,133)(H,117,136)(H,118,134)(H,119,135)(H,120,140)(H,128,129)(H,138,139)/t66-,78+,79+,80+,81+,82+,83+,84+,85+,102+/m1/s1. The highest BCUT2D eigenvalue weighted by Gasteiger charge is 2.49. The van der Waals surface area contributed by atoms with Crippen LogP contribution < -0.4 is 75.3 Å². The van der Waals surface area contributed by atoms with Gasteiger partial charge in [0.2, 0.25) is 82.7 Å². The van der Waals surface area contributed by atoms with E-state index in [-0.39, 0.29) is 164 Å². The summed E-state index contributed by atoms with van der Waals surface area (Å²) in [6, 6.07) is 9.57. The number of aliphatic carboxylic acids is 2. The molecule has 2 bridgehead atoms. The molecule has 21 N–H and O–H groups in total. The van der Waals surface area contributed by atoms with Gasteiger partial charge < -0.3 is 124 Å². The predicted molar refractivity (Wildman–Crippen MR) is 545 cm³/mol. The largest absolute Gasteiger partial charge is 0.508 e. The fourth-order valence-corrected chi connectivity index (χ4v) is 18.5. The van der Waals surface area contributed by atoms with Crippen LogP contribution in [0.1, 0.15) is 208 Å². The number of amides is 14. The number of nitrogens with two attached hydrogens (primary N) is 2. The number of thioether (sulfide) groups is 2. The molecule has 0 saturated carbocycles. The number of ether oxygens (including phenoxy) is 4. The van der Waals surface area contributed by atoms with Crippen LogP contribution in [0.5, 0.6) is 5.75 Å². The summed E-state index contributed by atoms with van der Waals surface area (Å²) >= 11 is 2.76. The molecule has 4 aromatic carbocycles. The number of aromatic nitrogens is 3. The highest BCUT2D eigenvalue weighted by atomic mass is 32.2. The molecule has 2 aliphatic rings. The van der Waals surface area contributed by atoms with Gasteiger partial charge >= 0.3 is 11.9 Å². The van der Waals surface area contributed by atoms with Gasteiger partial charge in [0, 0.05) is 123 Å². The van der Waals surface area contributed by atoms with Crippen molar-refractivity contribution in [2.45, 2.75) is 272 Å². The fraction of sp³-hybridized carbons (Fsp3) is 0.559. The number of phenols is 1. The smallest absolute Gasteiger partial charge is 0.326 e. The molecule has 0 aliphatic carbocycles. The van der Waals surface area contributed by atoms with E-state index in [9.17, 15) is 68.1 Å².